The molecule has 1 unspecified atom stereocenters. The topological polar surface area (TPSA) is 63.3 Å². The van der Waals surface area contributed by atoms with Crippen LogP contribution in [0.2, 0.25) is 0 Å². The highest BCUT2D eigenvalue weighted by molar-refractivity contribution is 5.96. The summed E-state index contributed by atoms with van der Waals surface area (Å²) in [7, 11) is 0. The molecule has 1 saturated carbocycles. The number of Topliss-reactive ketones (excluding diaryl/α,β-unsaturated/α-hetero) is 1. The van der Waals surface area contributed by atoms with Crippen LogP contribution >= 0.6 is 0 Å². The van der Waals surface area contributed by atoms with E-state index < -0.39 is 5.60 Å². The van der Waals surface area contributed by atoms with E-state index in [9.17, 15) is 9.90 Å². The lowest BCUT2D eigenvalue weighted by molar-refractivity contribution is -0.143. The van der Waals surface area contributed by atoms with Crippen molar-refractivity contribution in [3.8, 4) is 11.1 Å². The van der Waals surface area contributed by atoms with Gasteiger partial charge in [-0.3, -0.25) is 4.79 Å². The van der Waals surface area contributed by atoms with Crippen LogP contribution in [-0.2, 0) is 16.8 Å². The van der Waals surface area contributed by atoms with Gasteiger partial charge in [0.15, 0.2) is 11.4 Å². The van der Waals surface area contributed by atoms with Crippen molar-refractivity contribution in [2.24, 2.45) is 5.92 Å². The Bertz CT molecular complexity index is 782. The molecule has 0 amide bonds. The Morgan fingerprint density at radius 3 is 2.62 bits per heavy atom. The number of aryl methyl sites for hydroxylation is 2. The zero-order valence-electron chi connectivity index (χ0n) is 14.3. The molecule has 24 heavy (non-hydrogen) atoms. The molecule has 4 rings (SSSR count). The summed E-state index contributed by atoms with van der Waals surface area (Å²) in [5.41, 5.74) is 3.21. The molecule has 1 aromatic heterocycles. The van der Waals surface area contributed by atoms with E-state index in [0.717, 1.165) is 59.4 Å². The van der Waals surface area contributed by atoms with Crippen LogP contribution in [0.3, 0.4) is 0 Å². The van der Waals surface area contributed by atoms with Crippen LogP contribution in [0.1, 0.15) is 54.7 Å². The van der Waals surface area contributed by atoms with Gasteiger partial charge in [-0.25, -0.2) is 0 Å². The molecule has 126 valence electrons. The normalized spacial score (nSPS) is 24.4. The molecule has 4 heteroatoms. The minimum atomic E-state index is -1.31. The van der Waals surface area contributed by atoms with Crippen molar-refractivity contribution < 1.29 is 14.4 Å². The van der Waals surface area contributed by atoms with Crippen molar-refractivity contribution in [1.82, 2.24) is 5.16 Å². The van der Waals surface area contributed by atoms with E-state index in [1.165, 1.54) is 6.42 Å². The maximum atomic E-state index is 12.7. The average molecular weight is 325 g/mol. The van der Waals surface area contributed by atoms with Gasteiger partial charge in [-0.1, -0.05) is 36.6 Å². The van der Waals surface area contributed by atoms with E-state index in [2.05, 4.69) is 5.16 Å². The van der Waals surface area contributed by atoms with Gasteiger partial charge >= 0.3 is 0 Å². The average Bonchev–Trinajstić information content (AvgIpc) is 3.06. The minimum Gasteiger partial charge on any atom is -0.377 e. The van der Waals surface area contributed by atoms with Crippen molar-refractivity contribution in [1.29, 1.82) is 0 Å². The fourth-order valence-electron chi connectivity index (χ4n) is 4.56. The van der Waals surface area contributed by atoms with E-state index in [1.54, 1.807) is 0 Å². The predicted octanol–water partition coefficient (Wildman–Crippen LogP) is 3.85. The summed E-state index contributed by atoms with van der Waals surface area (Å²) in [5, 5.41) is 15.4. The first-order valence-electron chi connectivity index (χ1n) is 8.84. The number of carbonyl (C=O) groups is 1. The van der Waals surface area contributed by atoms with Crippen molar-refractivity contribution in [2.75, 3.05) is 0 Å². The first-order chi connectivity index (χ1) is 11.5. The number of hydrogen-bond acceptors (Lipinski definition) is 4. The minimum absolute atomic E-state index is 0.0414. The Kier molecular flexibility index (Phi) is 3.61. The van der Waals surface area contributed by atoms with Crippen LogP contribution in [0.25, 0.3) is 11.1 Å². The number of benzene rings is 1. The van der Waals surface area contributed by atoms with E-state index >= 15 is 0 Å². The largest absolute Gasteiger partial charge is 0.377 e. The summed E-state index contributed by atoms with van der Waals surface area (Å²) in [6.07, 6.45) is 5.59. The molecule has 1 atom stereocenters. The second kappa shape index (κ2) is 5.55. The quantitative estimate of drug-likeness (QED) is 0.911. The third-order valence-corrected chi connectivity index (χ3v) is 5.81. The summed E-state index contributed by atoms with van der Waals surface area (Å²) in [5.74, 6) is 0.762. The third-order valence-electron chi connectivity index (χ3n) is 5.81. The molecule has 2 aliphatic rings. The molecule has 1 N–H and O–H groups in total. The van der Waals surface area contributed by atoms with Crippen LogP contribution in [0.5, 0.6) is 0 Å². The van der Waals surface area contributed by atoms with Crippen molar-refractivity contribution in [2.45, 2.75) is 58.0 Å². The van der Waals surface area contributed by atoms with E-state index in [4.69, 9.17) is 4.52 Å². The lowest BCUT2D eigenvalue weighted by atomic mass is 9.73. The number of carbonyl (C=O) groups excluding carboxylic acids is 1. The Balaban J connectivity index is 1.82. The molecule has 2 aromatic rings. The van der Waals surface area contributed by atoms with Crippen molar-refractivity contribution in [3.63, 3.8) is 0 Å². The maximum absolute atomic E-state index is 12.7. The number of hydrogen-bond donors (Lipinski definition) is 1. The fraction of sp³-hybridized carbons (Fsp3) is 0.500. The molecule has 1 fully saturated rings. The van der Waals surface area contributed by atoms with Crippen molar-refractivity contribution >= 4 is 5.78 Å². The van der Waals surface area contributed by atoms with Crippen LogP contribution in [0.15, 0.2) is 22.7 Å². The van der Waals surface area contributed by atoms with Gasteiger partial charge in [-0.15, -0.1) is 0 Å². The Labute approximate surface area is 141 Å². The maximum Gasteiger partial charge on any atom is 0.173 e. The molecule has 2 aliphatic carbocycles. The van der Waals surface area contributed by atoms with Gasteiger partial charge in [0.2, 0.25) is 0 Å². The molecule has 0 spiro atoms. The zero-order chi connectivity index (χ0) is 16.9. The fourth-order valence-corrected chi connectivity index (χ4v) is 4.56. The van der Waals surface area contributed by atoms with Crippen LogP contribution in [0.4, 0.5) is 0 Å². The number of rotatable bonds is 2. The van der Waals surface area contributed by atoms with Gasteiger partial charge in [-0.05, 0) is 55.4 Å². The van der Waals surface area contributed by atoms with Gasteiger partial charge in [0, 0.05) is 12.0 Å². The lowest BCUT2D eigenvalue weighted by Gasteiger charge is -2.35. The summed E-state index contributed by atoms with van der Waals surface area (Å²) in [4.78, 5) is 12.7. The van der Waals surface area contributed by atoms with Gasteiger partial charge < -0.3 is 9.63 Å². The standard InChI is InChI=1S/C20H23NO3/c1-12-19(13(2)24-21-12)15-9-8-14-11-18(22)20(23,17(14)10-15)16-6-4-3-5-7-16/h8-10,16,23H,3-7,11H2,1-2H3. The molecule has 0 saturated heterocycles. The molecule has 4 nitrogen and oxygen atoms in total. The van der Waals surface area contributed by atoms with Crippen LogP contribution in [0, 0.1) is 19.8 Å². The zero-order valence-corrected chi connectivity index (χ0v) is 14.3. The van der Waals surface area contributed by atoms with Crippen LogP contribution in [-0.4, -0.2) is 16.0 Å². The highest BCUT2D eigenvalue weighted by atomic mass is 16.5. The van der Waals surface area contributed by atoms with E-state index in [-0.39, 0.29) is 11.7 Å². The second-order valence-corrected chi connectivity index (χ2v) is 7.27. The number of aliphatic hydroxyl groups is 1. The molecule has 0 bridgehead atoms. The number of ketones is 1. The Morgan fingerprint density at radius 1 is 1.21 bits per heavy atom. The van der Waals surface area contributed by atoms with E-state index in [1.807, 2.05) is 32.0 Å². The van der Waals surface area contributed by atoms with Gasteiger partial charge in [0.25, 0.3) is 0 Å². The molecule has 1 heterocycles. The first-order valence-corrected chi connectivity index (χ1v) is 8.84. The van der Waals surface area contributed by atoms with E-state index in [0.29, 0.717) is 6.42 Å². The van der Waals surface area contributed by atoms with Gasteiger partial charge in [-0.2, -0.15) is 0 Å². The molecular weight excluding hydrogens is 302 g/mol. The third kappa shape index (κ3) is 2.16. The number of nitrogens with zero attached hydrogens (tertiary/aromatic N) is 1. The molecule has 0 radical (unpaired) electrons. The van der Waals surface area contributed by atoms with Gasteiger partial charge in [0.05, 0.1) is 5.69 Å². The summed E-state index contributed by atoms with van der Waals surface area (Å²) in [6.45, 7) is 3.80. The monoisotopic (exact) mass is 325 g/mol. The summed E-state index contributed by atoms with van der Waals surface area (Å²) < 4.78 is 5.28. The SMILES string of the molecule is Cc1noc(C)c1-c1ccc2c(c1)C(O)(C1CCCCC1)C(=O)C2. The Hall–Kier alpha value is -1.94. The molecule has 0 aliphatic heterocycles. The first kappa shape index (κ1) is 15.6. The lowest BCUT2D eigenvalue weighted by Crippen LogP contribution is -2.41. The predicted molar refractivity (Wildman–Crippen MR) is 90.6 cm³/mol. The molecule has 1 aromatic carbocycles. The Morgan fingerprint density at radius 2 is 1.96 bits per heavy atom. The summed E-state index contributed by atoms with van der Waals surface area (Å²) >= 11 is 0. The highest BCUT2D eigenvalue weighted by Crippen LogP contribution is 2.46. The summed E-state index contributed by atoms with van der Waals surface area (Å²) in [6, 6.07) is 5.97. The van der Waals surface area contributed by atoms with Crippen molar-refractivity contribution in [3.05, 3.63) is 40.8 Å². The highest BCUT2D eigenvalue weighted by Gasteiger charge is 2.50. The molecular formula is C20H23NO3. The second-order valence-electron chi connectivity index (χ2n) is 7.27. The number of aromatic nitrogens is 1. The smallest absolute Gasteiger partial charge is 0.173 e. The number of fused-ring (bicyclic) bond motifs is 1. The van der Waals surface area contributed by atoms with Crippen LogP contribution < -0.4 is 0 Å². The van der Waals surface area contributed by atoms with Gasteiger partial charge in [0.1, 0.15) is 5.76 Å².